The van der Waals surface area contributed by atoms with E-state index in [4.69, 9.17) is 0 Å². The SMILES string of the molecule is CC(C)CC(CO)NS(=O)(=O)c1ccc2c(c1)CCCC2. The van der Waals surface area contributed by atoms with Crippen LogP contribution >= 0.6 is 0 Å². The van der Waals surface area contributed by atoms with Crippen molar-refractivity contribution in [3.05, 3.63) is 29.3 Å². The molecule has 0 aliphatic heterocycles. The lowest BCUT2D eigenvalue weighted by Crippen LogP contribution is -2.38. The molecule has 0 bridgehead atoms. The fourth-order valence-corrected chi connectivity index (χ4v) is 4.18. The number of hydrogen-bond acceptors (Lipinski definition) is 3. The number of aliphatic hydroxyl groups excluding tert-OH is 1. The number of nitrogens with one attached hydrogen (secondary N) is 1. The van der Waals surface area contributed by atoms with E-state index in [-0.39, 0.29) is 6.61 Å². The van der Waals surface area contributed by atoms with Crippen molar-refractivity contribution in [1.29, 1.82) is 0 Å². The van der Waals surface area contributed by atoms with Crippen molar-refractivity contribution in [3.63, 3.8) is 0 Å². The standard InChI is InChI=1S/C16H25NO3S/c1-12(2)9-15(11-18)17-21(19,20)16-8-7-13-5-3-4-6-14(13)10-16/h7-8,10,12,15,17-18H,3-6,9,11H2,1-2H3. The maximum atomic E-state index is 12.4. The highest BCUT2D eigenvalue weighted by molar-refractivity contribution is 7.89. The lowest BCUT2D eigenvalue weighted by atomic mass is 9.92. The molecule has 0 spiro atoms. The van der Waals surface area contributed by atoms with Crippen molar-refractivity contribution in [2.45, 2.75) is 56.9 Å². The zero-order valence-corrected chi connectivity index (χ0v) is 13.6. The third-order valence-electron chi connectivity index (χ3n) is 3.93. The fraction of sp³-hybridized carbons (Fsp3) is 0.625. The Morgan fingerprint density at radius 1 is 1.19 bits per heavy atom. The molecule has 2 rings (SSSR count). The molecular weight excluding hydrogens is 286 g/mol. The summed E-state index contributed by atoms with van der Waals surface area (Å²) in [6.45, 7) is 3.84. The van der Waals surface area contributed by atoms with E-state index in [1.165, 1.54) is 12.0 Å². The van der Waals surface area contributed by atoms with Crippen molar-refractivity contribution in [2.24, 2.45) is 5.92 Å². The predicted octanol–water partition coefficient (Wildman–Crippen LogP) is 2.25. The molecule has 2 N–H and O–H groups in total. The lowest BCUT2D eigenvalue weighted by Gasteiger charge is -2.20. The summed E-state index contributed by atoms with van der Waals surface area (Å²) in [6.07, 6.45) is 4.92. The molecule has 118 valence electrons. The van der Waals surface area contributed by atoms with Gasteiger partial charge in [-0.1, -0.05) is 19.9 Å². The van der Waals surface area contributed by atoms with Gasteiger partial charge in [-0.3, -0.25) is 0 Å². The predicted molar refractivity (Wildman–Crippen MR) is 83.7 cm³/mol. The van der Waals surface area contributed by atoms with E-state index < -0.39 is 16.1 Å². The molecule has 1 aromatic rings. The van der Waals surface area contributed by atoms with Crippen molar-refractivity contribution in [1.82, 2.24) is 4.72 Å². The molecule has 0 amide bonds. The molecule has 21 heavy (non-hydrogen) atoms. The minimum Gasteiger partial charge on any atom is -0.395 e. The van der Waals surface area contributed by atoms with Gasteiger partial charge in [-0.15, -0.1) is 0 Å². The van der Waals surface area contributed by atoms with Gasteiger partial charge in [0.25, 0.3) is 0 Å². The van der Waals surface area contributed by atoms with Gasteiger partial charge in [-0.2, -0.15) is 0 Å². The number of rotatable bonds is 6. The maximum absolute atomic E-state index is 12.4. The highest BCUT2D eigenvalue weighted by Gasteiger charge is 2.22. The largest absolute Gasteiger partial charge is 0.395 e. The first-order valence-corrected chi connectivity index (χ1v) is 9.15. The van der Waals surface area contributed by atoms with E-state index >= 15 is 0 Å². The zero-order chi connectivity index (χ0) is 15.5. The second-order valence-electron chi connectivity index (χ2n) is 6.27. The van der Waals surface area contributed by atoms with Crippen LogP contribution in [0.3, 0.4) is 0 Å². The van der Waals surface area contributed by atoms with E-state index in [1.54, 1.807) is 12.1 Å². The quantitative estimate of drug-likeness (QED) is 0.847. The van der Waals surface area contributed by atoms with Gasteiger partial charge in [-0.25, -0.2) is 13.1 Å². The molecule has 1 aliphatic rings. The first-order chi connectivity index (χ1) is 9.92. The van der Waals surface area contributed by atoms with Gasteiger partial charge in [0.1, 0.15) is 0 Å². The Morgan fingerprint density at radius 2 is 1.86 bits per heavy atom. The Hall–Kier alpha value is -0.910. The van der Waals surface area contributed by atoms with E-state index in [0.717, 1.165) is 24.8 Å². The third kappa shape index (κ3) is 4.28. The summed E-state index contributed by atoms with van der Waals surface area (Å²) in [4.78, 5) is 0.311. The van der Waals surface area contributed by atoms with Crippen LogP contribution in [-0.2, 0) is 22.9 Å². The van der Waals surface area contributed by atoms with Gasteiger partial charge < -0.3 is 5.11 Å². The minimum atomic E-state index is -3.56. The topological polar surface area (TPSA) is 66.4 Å². The summed E-state index contributed by atoms with van der Waals surface area (Å²) in [7, 11) is -3.56. The molecule has 1 aromatic carbocycles. The van der Waals surface area contributed by atoms with E-state index in [9.17, 15) is 13.5 Å². The summed E-state index contributed by atoms with van der Waals surface area (Å²) >= 11 is 0. The van der Waals surface area contributed by atoms with Crippen LogP contribution in [0.1, 0.15) is 44.2 Å². The number of aryl methyl sites for hydroxylation is 2. The molecule has 1 aliphatic carbocycles. The Morgan fingerprint density at radius 3 is 2.48 bits per heavy atom. The Bertz CT molecular complexity index is 581. The van der Waals surface area contributed by atoms with E-state index in [1.807, 2.05) is 19.9 Å². The third-order valence-corrected chi connectivity index (χ3v) is 5.45. The van der Waals surface area contributed by atoms with E-state index in [2.05, 4.69) is 4.72 Å². The van der Waals surface area contributed by atoms with Crippen molar-refractivity contribution in [3.8, 4) is 0 Å². The van der Waals surface area contributed by atoms with Crippen molar-refractivity contribution < 1.29 is 13.5 Å². The molecule has 1 atom stereocenters. The maximum Gasteiger partial charge on any atom is 0.240 e. The van der Waals surface area contributed by atoms with Gasteiger partial charge in [0.2, 0.25) is 10.0 Å². The number of hydrogen-bond donors (Lipinski definition) is 2. The van der Waals surface area contributed by atoms with E-state index in [0.29, 0.717) is 17.2 Å². The van der Waals surface area contributed by atoms with Crippen molar-refractivity contribution in [2.75, 3.05) is 6.61 Å². The zero-order valence-electron chi connectivity index (χ0n) is 12.8. The first kappa shape index (κ1) is 16.5. The summed E-state index contributed by atoms with van der Waals surface area (Å²) < 4.78 is 27.5. The molecule has 0 saturated heterocycles. The lowest BCUT2D eigenvalue weighted by molar-refractivity contribution is 0.240. The molecule has 5 heteroatoms. The van der Waals surface area contributed by atoms with Crippen LogP contribution in [0.4, 0.5) is 0 Å². The Kier molecular flexibility index (Phi) is 5.41. The van der Waals surface area contributed by atoms with Gasteiger partial charge in [0, 0.05) is 6.04 Å². The van der Waals surface area contributed by atoms with Gasteiger partial charge in [0.05, 0.1) is 11.5 Å². The summed E-state index contributed by atoms with van der Waals surface area (Å²) in [6, 6.07) is 4.97. The molecule has 1 unspecified atom stereocenters. The normalized spacial score (nSPS) is 16.8. The molecule has 0 saturated carbocycles. The van der Waals surface area contributed by atoms with Crippen LogP contribution in [0, 0.1) is 5.92 Å². The Balaban J connectivity index is 2.19. The van der Waals surface area contributed by atoms with Gasteiger partial charge in [-0.05, 0) is 61.3 Å². The van der Waals surface area contributed by atoms with Gasteiger partial charge in [0.15, 0.2) is 0 Å². The smallest absolute Gasteiger partial charge is 0.240 e. The average Bonchev–Trinajstić information content (AvgIpc) is 2.45. The average molecular weight is 311 g/mol. The monoisotopic (exact) mass is 311 g/mol. The van der Waals surface area contributed by atoms with Crippen LogP contribution in [0.25, 0.3) is 0 Å². The van der Waals surface area contributed by atoms with Crippen LogP contribution in [0.5, 0.6) is 0 Å². The number of benzene rings is 1. The van der Waals surface area contributed by atoms with Crippen LogP contribution in [-0.4, -0.2) is 26.2 Å². The molecule has 4 nitrogen and oxygen atoms in total. The fourth-order valence-electron chi connectivity index (χ4n) is 2.89. The summed E-state index contributed by atoms with van der Waals surface area (Å²) in [5.41, 5.74) is 2.41. The van der Waals surface area contributed by atoms with Crippen LogP contribution < -0.4 is 4.72 Å². The molecule has 0 aromatic heterocycles. The molecular formula is C16H25NO3S. The summed E-state index contributed by atoms with van der Waals surface area (Å²) in [5, 5.41) is 9.35. The minimum absolute atomic E-state index is 0.178. The van der Waals surface area contributed by atoms with Gasteiger partial charge >= 0.3 is 0 Å². The van der Waals surface area contributed by atoms with Crippen molar-refractivity contribution >= 4 is 10.0 Å². The summed E-state index contributed by atoms with van der Waals surface area (Å²) in [5.74, 6) is 0.327. The Labute approximate surface area is 127 Å². The first-order valence-electron chi connectivity index (χ1n) is 7.67. The molecule has 0 fully saturated rings. The second-order valence-corrected chi connectivity index (χ2v) is 7.98. The highest BCUT2D eigenvalue weighted by atomic mass is 32.2. The highest BCUT2D eigenvalue weighted by Crippen LogP contribution is 2.24. The van der Waals surface area contributed by atoms with Crippen LogP contribution in [0.2, 0.25) is 0 Å². The molecule has 0 heterocycles. The second kappa shape index (κ2) is 6.90. The molecule has 0 radical (unpaired) electrons. The van der Waals surface area contributed by atoms with Crippen LogP contribution in [0.15, 0.2) is 23.1 Å². The number of fused-ring (bicyclic) bond motifs is 1. The number of aliphatic hydroxyl groups is 1. The number of sulfonamides is 1.